The average molecular weight is 683 g/mol. The van der Waals surface area contributed by atoms with Gasteiger partial charge in [0.2, 0.25) is 0 Å². The van der Waals surface area contributed by atoms with E-state index in [-0.39, 0.29) is 30.2 Å². The molecule has 47 heavy (non-hydrogen) atoms. The molecule has 0 aliphatic carbocycles. The lowest BCUT2D eigenvalue weighted by atomic mass is 9.87. The summed E-state index contributed by atoms with van der Waals surface area (Å²) >= 11 is 0. The second-order valence-corrected chi connectivity index (χ2v) is 10.9. The maximum absolute atomic E-state index is 13.9. The number of carboxylic acids is 1. The molecule has 2 heterocycles. The highest BCUT2D eigenvalue weighted by Gasteiger charge is 2.43. The summed E-state index contributed by atoms with van der Waals surface area (Å²) in [6, 6.07) is 1.18. The van der Waals surface area contributed by atoms with Crippen LogP contribution < -0.4 is 9.80 Å². The lowest BCUT2D eigenvalue weighted by Crippen LogP contribution is -2.48. The Kier molecular flexibility index (Phi) is 9.68. The van der Waals surface area contributed by atoms with Crippen LogP contribution in [0.5, 0.6) is 0 Å². The predicted octanol–water partition coefficient (Wildman–Crippen LogP) is 7.10. The number of carbonyl (C=O) groups is 2. The third kappa shape index (κ3) is 8.05. The van der Waals surface area contributed by atoms with Gasteiger partial charge in [-0.15, -0.1) is 5.10 Å². The Hall–Kier alpha value is -4.58. The number of tetrazole rings is 1. The molecule has 0 spiro atoms. The monoisotopic (exact) mass is 682 g/mol. The van der Waals surface area contributed by atoms with Crippen LogP contribution in [0.25, 0.3) is 0 Å². The number of aromatic nitrogens is 4. The highest BCUT2D eigenvalue weighted by atomic mass is 19.4. The Balaban J connectivity index is 1.96. The molecule has 0 unspecified atom stereocenters. The van der Waals surface area contributed by atoms with E-state index in [1.807, 2.05) is 0 Å². The summed E-state index contributed by atoms with van der Waals surface area (Å²) in [7, 11) is 0. The first kappa shape index (κ1) is 35.3. The molecule has 10 nitrogen and oxygen atoms in total. The van der Waals surface area contributed by atoms with Gasteiger partial charge >= 0.3 is 30.6 Å². The largest absolute Gasteiger partial charge is 0.480 e. The zero-order chi connectivity index (χ0) is 35.1. The van der Waals surface area contributed by atoms with Gasteiger partial charge in [-0.1, -0.05) is 12.0 Å². The summed E-state index contributed by atoms with van der Waals surface area (Å²) < 4.78 is 129. The number of hydrogen-bond acceptors (Lipinski definition) is 7. The van der Waals surface area contributed by atoms with Crippen molar-refractivity contribution in [3.63, 3.8) is 0 Å². The number of anilines is 2. The molecule has 19 heteroatoms. The van der Waals surface area contributed by atoms with Gasteiger partial charge in [-0.05, 0) is 79.4 Å². The fraction of sp³-hybridized carbons (Fsp3) is 0.464. The number of hydrogen-bond donors (Lipinski definition) is 1. The van der Waals surface area contributed by atoms with Gasteiger partial charge in [0.15, 0.2) is 6.54 Å². The molecule has 0 saturated heterocycles. The Labute approximate surface area is 260 Å². The first-order valence-electron chi connectivity index (χ1n) is 13.9. The van der Waals surface area contributed by atoms with Crippen LogP contribution in [0.4, 0.5) is 55.9 Å². The first-order valence-corrected chi connectivity index (χ1v) is 13.9. The summed E-state index contributed by atoms with van der Waals surface area (Å²) in [6.07, 6.45) is -16.8. The topological polar surface area (TPSA) is 114 Å². The zero-order valence-electron chi connectivity index (χ0n) is 24.8. The van der Waals surface area contributed by atoms with E-state index < -0.39 is 90.1 Å². The van der Waals surface area contributed by atoms with Gasteiger partial charge in [-0.2, -0.15) is 44.3 Å². The maximum atomic E-state index is 13.9. The van der Waals surface area contributed by atoms with Gasteiger partial charge < -0.3 is 14.7 Å². The number of benzene rings is 2. The van der Waals surface area contributed by atoms with Gasteiger partial charge in [0, 0.05) is 12.6 Å². The Bertz CT molecular complexity index is 1590. The smallest absolute Gasteiger partial charge is 0.416 e. The molecule has 1 aliphatic heterocycles. The van der Waals surface area contributed by atoms with Gasteiger partial charge in [0.25, 0.3) is 5.95 Å². The predicted molar refractivity (Wildman–Crippen MR) is 145 cm³/mol. The molecule has 4 rings (SSSR count). The van der Waals surface area contributed by atoms with Crippen LogP contribution in [0.1, 0.15) is 67.5 Å². The molecule has 0 radical (unpaired) electrons. The first-order chi connectivity index (χ1) is 21.7. The van der Waals surface area contributed by atoms with E-state index in [9.17, 15) is 49.1 Å². The van der Waals surface area contributed by atoms with Crippen molar-refractivity contribution in [3.8, 4) is 0 Å². The normalized spacial score (nSPS) is 17.1. The number of aliphatic carboxylic acids is 1. The Morgan fingerprint density at radius 1 is 0.957 bits per heavy atom. The molecular formula is C28H27F9N6O4. The summed E-state index contributed by atoms with van der Waals surface area (Å²) in [5.74, 6) is -1.92. The molecular weight excluding hydrogens is 655 g/mol. The van der Waals surface area contributed by atoms with E-state index in [1.54, 1.807) is 20.8 Å². The molecule has 1 N–H and O–H groups in total. The van der Waals surface area contributed by atoms with Crippen molar-refractivity contribution in [3.05, 3.63) is 64.2 Å². The number of alkyl halides is 9. The lowest BCUT2D eigenvalue weighted by molar-refractivity contribution is -0.143. The van der Waals surface area contributed by atoms with Crippen LogP contribution in [0, 0.1) is 0 Å². The molecule has 1 aliphatic rings. The highest BCUT2D eigenvalue weighted by Crippen LogP contribution is 2.46. The highest BCUT2D eigenvalue weighted by molar-refractivity contribution is 5.90. The number of carboxylic acid groups (broad SMARTS) is 1. The lowest BCUT2D eigenvalue weighted by Gasteiger charge is -2.44. The van der Waals surface area contributed by atoms with E-state index >= 15 is 0 Å². The van der Waals surface area contributed by atoms with Crippen molar-refractivity contribution in [2.45, 2.75) is 83.4 Å². The van der Waals surface area contributed by atoms with Crippen molar-refractivity contribution in [2.75, 3.05) is 9.80 Å². The number of halogens is 9. The summed E-state index contributed by atoms with van der Waals surface area (Å²) in [5, 5.41) is 20.4. The molecule has 0 fully saturated rings. The van der Waals surface area contributed by atoms with Crippen LogP contribution >= 0.6 is 0 Å². The van der Waals surface area contributed by atoms with Gasteiger partial charge in [-0.3, -0.25) is 9.69 Å². The van der Waals surface area contributed by atoms with Crippen molar-refractivity contribution in [2.24, 2.45) is 0 Å². The van der Waals surface area contributed by atoms with Crippen molar-refractivity contribution in [1.82, 2.24) is 20.2 Å². The SMILES string of the molecule is CC[C@@H]1C[C@H](N(Cc2cc(C(F)(F)F)cc(C(F)(F)F)c2)c2nnn(CC(=O)O)n2)c2cc(C(F)(F)F)ccc2N1C(=O)OC(C)C. The van der Waals surface area contributed by atoms with Crippen molar-refractivity contribution in [1.29, 1.82) is 0 Å². The summed E-state index contributed by atoms with van der Waals surface area (Å²) in [5.41, 5.74) is -5.25. The van der Waals surface area contributed by atoms with Crippen LogP contribution in [-0.4, -0.2) is 49.5 Å². The van der Waals surface area contributed by atoms with Gasteiger partial charge in [0.05, 0.1) is 34.5 Å². The van der Waals surface area contributed by atoms with E-state index in [0.29, 0.717) is 23.0 Å². The third-order valence-corrected chi connectivity index (χ3v) is 7.19. The van der Waals surface area contributed by atoms with Crippen LogP contribution in [0.15, 0.2) is 36.4 Å². The number of rotatable bonds is 8. The van der Waals surface area contributed by atoms with Gasteiger partial charge in [-0.25, -0.2) is 4.79 Å². The summed E-state index contributed by atoms with van der Waals surface area (Å²) in [4.78, 5) is 27.2. The van der Waals surface area contributed by atoms with Crippen LogP contribution in [-0.2, 0) is 41.1 Å². The van der Waals surface area contributed by atoms with E-state index in [1.165, 1.54) is 0 Å². The molecule has 3 aromatic rings. The fourth-order valence-corrected chi connectivity index (χ4v) is 5.22. The number of ether oxygens (including phenoxy) is 1. The Morgan fingerprint density at radius 2 is 1.55 bits per heavy atom. The average Bonchev–Trinajstić information content (AvgIpc) is 3.40. The second-order valence-electron chi connectivity index (χ2n) is 10.9. The molecule has 256 valence electrons. The van der Waals surface area contributed by atoms with Crippen LogP contribution in [0.2, 0.25) is 0 Å². The van der Waals surface area contributed by atoms with E-state index in [0.717, 1.165) is 21.9 Å². The molecule has 0 saturated carbocycles. The number of fused-ring (bicyclic) bond motifs is 1. The number of carbonyl (C=O) groups excluding carboxylic acids is 1. The number of amides is 1. The van der Waals surface area contributed by atoms with E-state index in [2.05, 4.69) is 15.4 Å². The standard InChI is InChI=1S/C28H27F9N6O4/c1-4-19-11-22(20-10-16(26(29,30)31)5-6-21(20)43(19)25(46)47-14(2)3)41(24-38-40-42(39-24)13-23(44)45)12-15-7-17(27(32,33)34)9-18(8-15)28(35,36)37/h5-10,14,19,22H,4,11-13H2,1-3H3,(H,44,45)/t19-,22+/m1/s1. The second kappa shape index (κ2) is 12.9. The summed E-state index contributed by atoms with van der Waals surface area (Å²) in [6.45, 7) is 3.10. The third-order valence-electron chi connectivity index (χ3n) is 7.19. The van der Waals surface area contributed by atoms with Crippen LogP contribution in [0.3, 0.4) is 0 Å². The molecule has 0 bridgehead atoms. The molecule has 2 aromatic carbocycles. The minimum atomic E-state index is -5.20. The van der Waals surface area contributed by atoms with Crippen molar-refractivity contribution < 1.29 is 58.9 Å². The maximum Gasteiger partial charge on any atom is 0.416 e. The molecule has 1 amide bonds. The molecule has 2 atom stereocenters. The van der Waals surface area contributed by atoms with Crippen molar-refractivity contribution >= 4 is 23.7 Å². The Morgan fingerprint density at radius 3 is 2.06 bits per heavy atom. The number of nitrogens with zero attached hydrogens (tertiary/aromatic N) is 6. The zero-order valence-corrected chi connectivity index (χ0v) is 24.8. The molecule has 1 aromatic heterocycles. The minimum Gasteiger partial charge on any atom is -0.480 e. The fourth-order valence-electron chi connectivity index (χ4n) is 5.22. The minimum absolute atomic E-state index is 0.0605. The quantitative estimate of drug-likeness (QED) is 0.251. The van der Waals surface area contributed by atoms with Gasteiger partial charge in [0.1, 0.15) is 0 Å². The van der Waals surface area contributed by atoms with E-state index in [4.69, 9.17) is 9.84 Å².